The number of hydrogen-bond acceptors (Lipinski definition) is 3. The van der Waals surface area contributed by atoms with Crippen LogP contribution in [0.4, 0.5) is 0 Å². The van der Waals surface area contributed by atoms with Crippen LogP contribution in [0, 0.1) is 5.92 Å². The van der Waals surface area contributed by atoms with Gasteiger partial charge in [-0.3, -0.25) is 4.79 Å². The number of amides is 1. The van der Waals surface area contributed by atoms with Crippen LogP contribution in [0.15, 0.2) is 41.1 Å². The number of nitrogens with one attached hydrogen (secondary N) is 2. The van der Waals surface area contributed by atoms with Gasteiger partial charge in [-0.05, 0) is 52.3 Å². The van der Waals surface area contributed by atoms with Gasteiger partial charge in [0.05, 0.1) is 0 Å². The zero-order valence-electron chi connectivity index (χ0n) is 13.5. The molecule has 122 valence electrons. The van der Waals surface area contributed by atoms with Gasteiger partial charge in [0.25, 0.3) is 0 Å². The third kappa shape index (κ3) is 4.66. The van der Waals surface area contributed by atoms with Gasteiger partial charge in [0, 0.05) is 25.6 Å². The number of fused-ring (bicyclic) bond motifs is 1. The maximum Gasteiger partial charge on any atom is 0.220 e. The molecule has 2 unspecified atom stereocenters. The van der Waals surface area contributed by atoms with Gasteiger partial charge in [-0.25, -0.2) is 0 Å². The number of thiophene rings is 1. The second kappa shape index (κ2) is 7.75. The van der Waals surface area contributed by atoms with Crippen molar-refractivity contribution in [2.24, 2.45) is 5.92 Å². The van der Waals surface area contributed by atoms with Gasteiger partial charge in [0.15, 0.2) is 0 Å². The molecule has 1 amide bonds. The smallest absolute Gasteiger partial charge is 0.220 e. The first-order valence-corrected chi connectivity index (χ1v) is 9.23. The Morgan fingerprint density at radius 1 is 1.35 bits per heavy atom. The van der Waals surface area contributed by atoms with E-state index in [-0.39, 0.29) is 5.91 Å². The molecule has 0 saturated carbocycles. The molecule has 3 nitrogen and oxygen atoms in total. The zero-order chi connectivity index (χ0) is 16.1. The minimum absolute atomic E-state index is 0.161. The first-order chi connectivity index (χ1) is 11.2. The second-order valence-electron chi connectivity index (χ2n) is 6.50. The Hall–Kier alpha value is -1.65. The SMILES string of the molecule is CC(CC(=O)NCC1Cc2ccccc2CN1)Cc1ccsc1. The summed E-state index contributed by atoms with van der Waals surface area (Å²) in [6.45, 7) is 3.75. The van der Waals surface area contributed by atoms with Gasteiger partial charge in [0.1, 0.15) is 0 Å². The highest BCUT2D eigenvalue weighted by Gasteiger charge is 2.18. The van der Waals surface area contributed by atoms with Crippen molar-refractivity contribution in [3.05, 3.63) is 57.8 Å². The van der Waals surface area contributed by atoms with Crippen molar-refractivity contribution >= 4 is 17.2 Å². The van der Waals surface area contributed by atoms with Crippen molar-refractivity contribution in [1.29, 1.82) is 0 Å². The molecule has 1 aliphatic rings. The molecule has 0 bridgehead atoms. The van der Waals surface area contributed by atoms with E-state index in [9.17, 15) is 4.79 Å². The van der Waals surface area contributed by atoms with Crippen LogP contribution in [0.1, 0.15) is 30.0 Å². The van der Waals surface area contributed by atoms with Crippen molar-refractivity contribution in [2.75, 3.05) is 6.54 Å². The number of benzene rings is 1. The first kappa shape index (κ1) is 16.2. The molecule has 2 heterocycles. The Labute approximate surface area is 142 Å². The van der Waals surface area contributed by atoms with Gasteiger partial charge in [-0.1, -0.05) is 31.2 Å². The van der Waals surface area contributed by atoms with E-state index >= 15 is 0 Å². The molecule has 4 heteroatoms. The molecule has 0 radical (unpaired) electrons. The van der Waals surface area contributed by atoms with Crippen molar-refractivity contribution in [1.82, 2.24) is 10.6 Å². The van der Waals surface area contributed by atoms with E-state index in [2.05, 4.69) is 58.6 Å². The van der Waals surface area contributed by atoms with E-state index in [0.717, 1.165) is 19.4 Å². The minimum Gasteiger partial charge on any atom is -0.355 e. The highest BCUT2D eigenvalue weighted by Crippen LogP contribution is 2.16. The number of carbonyl (C=O) groups is 1. The summed E-state index contributed by atoms with van der Waals surface area (Å²) < 4.78 is 0. The number of rotatable bonds is 6. The Morgan fingerprint density at radius 2 is 2.17 bits per heavy atom. The summed E-state index contributed by atoms with van der Waals surface area (Å²) >= 11 is 1.72. The molecule has 0 spiro atoms. The van der Waals surface area contributed by atoms with Crippen molar-refractivity contribution in [2.45, 2.75) is 38.8 Å². The molecule has 1 aromatic carbocycles. The van der Waals surface area contributed by atoms with Crippen LogP contribution in [0.2, 0.25) is 0 Å². The molecule has 2 atom stereocenters. The lowest BCUT2D eigenvalue weighted by Crippen LogP contribution is -2.44. The van der Waals surface area contributed by atoms with E-state index in [1.165, 1.54) is 16.7 Å². The number of carbonyl (C=O) groups excluding carboxylic acids is 1. The molecule has 0 fully saturated rings. The normalized spacial score (nSPS) is 18.2. The summed E-state index contributed by atoms with van der Waals surface area (Å²) in [5, 5.41) is 10.9. The number of hydrogen-bond donors (Lipinski definition) is 2. The van der Waals surface area contributed by atoms with Crippen molar-refractivity contribution in [3.63, 3.8) is 0 Å². The molecule has 2 N–H and O–H groups in total. The standard InChI is InChI=1S/C19H24N2OS/c1-14(8-15-6-7-23-13-15)9-19(22)21-12-18-10-16-4-2-3-5-17(16)11-20-18/h2-7,13-14,18,20H,8-12H2,1H3,(H,21,22). The fraction of sp³-hybridized carbons (Fsp3) is 0.421. The largest absolute Gasteiger partial charge is 0.355 e. The lowest BCUT2D eigenvalue weighted by molar-refractivity contribution is -0.122. The monoisotopic (exact) mass is 328 g/mol. The molecule has 2 aromatic rings. The van der Waals surface area contributed by atoms with Crippen molar-refractivity contribution < 1.29 is 4.79 Å². The average molecular weight is 328 g/mol. The summed E-state index contributed by atoms with van der Waals surface area (Å²) in [5.41, 5.74) is 4.11. The Morgan fingerprint density at radius 3 is 2.96 bits per heavy atom. The zero-order valence-corrected chi connectivity index (χ0v) is 14.4. The molecule has 1 aliphatic heterocycles. The predicted octanol–water partition coefficient (Wildman–Crippen LogP) is 3.15. The van der Waals surface area contributed by atoms with Gasteiger partial charge in [-0.2, -0.15) is 11.3 Å². The molecule has 23 heavy (non-hydrogen) atoms. The quantitative estimate of drug-likeness (QED) is 0.855. The van der Waals surface area contributed by atoms with E-state index < -0.39 is 0 Å². The van der Waals surface area contributed by atoms with Crippen LogP contribution in [0.5, 0.6) is 0 Å². The van der Waals surface area contributed by atoms with E-state index in [0.29, 0.717) is 24.9 Å². The second-order valence-corrected chi connectivity index (χ2v) is 7.28. The van der Waals surface area contributed by atoms with E-state index in [1.807, 2.05) is 0 Å². The third-order valence-corrected chi connectivity index (χ3v) is 5.14. The Kier molecular flexibility index (Phi) is 5.47. The fourth-order valence-corrected chi connectivity index (χ4v) is 3.86. The average Bonchev–Trinajstić information content (AvgIpc) is 3.05. The van der Waals surface area contributed by atoms with Crippen LogP contribution in [-0.4, -0.2) is 18.5 Å². The van der Waals surface area contributed by atoms with Crippen LogP contribution < -0.4 is 10.6 Å². The van der Waals surface area contributed by atoms with Crippen LogP contribution in [0.25, 0.3) is 0 Å². The van der Waals surface area contributed by atoms with Crippen LogP contribution >= 0.6 is 11.3 Å². The highest BCUT2D eigenvalue weighted by molar-refractivity contribution is 7.07. The lowest BCUT2D eigenvalue weighted by atomic mass is 9.95. The summed E-state index contributed by atoms with van der Waals surface area (Å²) in [7, 11) is 0. The Bertz CT molecular complexity index is 639. The topological polar surface area (TPSA) is 41.1 Å². The molecule has 3 rings (SSSR count). The maximum atomic E-state index is 12.1. The van der Waals surface area contributed by atoms with E-state index in [1.54, 1.807) is 11.3 Å². The predicted molar refractivity (Wildman–Crippen MR) is 95.6 cm³/mol. The molecular weight excluding hydrogens is 304 g/mol. The van der Waals surface area contributed by atoms with Gasteiger partial charge < -0.3 is 10.6 Å². The molecule has 1 aromatic heterocycles. The first-order valence-electron chi connectivity index (χ1n) is 8.28. The van der Waals surface area contributed by atoms with Gasteiger partial charge in [-0.15, -0.1) is 0 Å². The Balaban J connectivity index is 1.41. The highest BCUT2D eigenvalue weighted by atomic mass is 32.1. The summed E-state index contributed by atoms with van der Waals surface area (Å²) in [4.78, 5) is 12.1. The summed E-state index contributed by atoms with van der Waals surface area (Å²) in [6.07, 6.45) is 2.56. The van der Waals surface area contributed by atoms with E-state index in [4.69, 9.17) is 0 Å². The minimum atomic E-state index is 0.161. The van der Waals surface area contributed by atoms with Gasteiger partial charge in [0.2, 0.25) is 5.91 Å². The molecule has 0 aliphatic carbocycles. The van der Waals surface area contributed by atoms with Crippen LogP contribution in [0.3, 0.4) is 0 Å². The van der Waals surface area contributed by atoms with Gasteiger partial charge >= 0.3 is 0 Å². The third-order valence-electron chi connectivity index (χ3n) is 4.41. The van der Waals surface area contributed by atoms with Crippen LogP contribution in [-0.2, 0) is 24.2 Å². The molecule has 0 saturated heterocycles. The summed E-state index contributed by atoms with van der Waals surface area (Å²) in [6, 6.07) is 11.0. The maximum absolute atomic E-state index is 12.1. The fourth-order valence-electron chi connectivity index (χ4n) is 3.17. The van der Waals surface area contributed by atoms with Crippen molar-refractivity contribution in [3.8, 4) is 0 Å². The molecular formula is C19H24N2OS. The summed E-state index contributed by atoms with van der Waals surface area (Å²) in [5.74, 6) is 0.540. The lowest BCUT2D eigenvalue weighted by Gasteiger charge is -2.26.